The summed E-state index contributed by atoms with van der Waals surface area (Å²) in [5.41, 5.74) is 1.42. The van der Waals surface area contributed by atoms with Crippen LogP contribution in [0.15, 0.2) is 56.1 Å². The summed E-state index contributed by atoms with van der Waals surface area (Å²) >= 11 is 3.69. The first-order valence-electron chi connectivity index (χ1n) is 13.3. The molecule has 5 rings (SSSR count). The van der Waals surface area contributed by atoms with Gasteiger partial charge in [-0.05, 0) is 84.5 Å². The van der Waals surface area contributed by atoms with Crippen LogP contribution in [0.25, 0.3) is 11.0 Å². The van der Waals surface area contributed by atoms with Gasteiger partial charge in [0, 0.05) is 31.7 Å². The van der Waals surface area contributed by atoms with Gasteiger partial charge in [-0.1, -0.05) is 12.1 Å². The summed E-state index contributed by atoms with van der Waals surface area (Å²) in [7, 11) is 1.53. The van der Waals surface area contributed by atoms with Crippen molar-refractivity contribution < 1.29 is 18.7 Å². The summed E-state index contributed by atoms with van der Waals surface area (Å²) in [5.74, 6) is 1.57. The van der Waals surface area contributed by atoms with Crippen molar-refractivity contribution in [3.05, 3.63) is 68.5 Å². The highest BCUT2D eigenvalue weighted by Gasteiger charge is 2.22. The Morgan fingerprint density at radius 2 is 1.89 bits per heavy atom. The number of halogens is 1. The first-order valence-corrected chi connectivity index (χ1v) is 14.0. The van der Waals surface area contributed by atoms with Gasteiger partial charge in [0.05, 0.1) is 23.4 Å². The maximum Gasteiger partial charge on any atom is 0.227 e. The van der Waals surface area contributed by atoms with E-state index in [1.807, 2.05) is 0 Å². The van der Waals surface area contributed by atoms with Gasteiger partial charge in [0.1, 0.15) is 17.6 Å². The molecule has 202 valence electrons. The second-order valence-electron chi connectivity index (χ2n) is 10.0. The first kappa shape index (κ1) is 26.7. The van der Waals surface area contributed by atoms with E-state index in [1.165, 1.54) is 18.7 Å². The number of hydrogen-bond donors (Lipinski definition) is 2. The summed E-state index contributed by atoms with van der Waals surface area (Å²) in [6, 6.07) is 13.0. The molecular weight excluding hydrogens is 550 g/mol. The fourth-order valence-electron chi connectivity index (χ4n) is 5.21. The van der Waals surface area contributed by atoms with E-state index in [9.17, 15) is 9.59 Å². The standard InChI is InChI=1S/C29H34BrN3O5/c1-36-27-4-2-3-23-25(34)16-22(38-29(23)27)17-28(35)32-20-9-13-33(14-10-20)18-19-5-6-26(24(30)15-19)37-21-7-11-31-12-8-21/h2-6,15-16,20-21,31H,7-14,17-18H2,1H3,(H,32,35). The molecule has 9 heteroatoms. The lowest BCUT2D eigenvalue weighted by Crippen LogP contribution is -2.44. The Labute approximate surface area is 230 Å². The third kappa shape index (κ3) is 6.57. The van der Waals surface area contributed by atoms with E-state index in [0.29, 0.717) is 22.5 Å². The van der Waals surface area contributed by atoms with Crippen molar-refractivity contribution in [2.45, 2.75) is 50.8 Å². The minimum atomic E-state index is -0.182. The molecule has 0 saturated carbocycles. The molecule has 1 amide bonds. The van der Waals surface area contributed by atoms with Crippen molar-refractivity contribution in [3.63, 3.8) is 0 Å². The maximum atomic E-state index is 12.7. The van der Waals surface area contributed by atoms with Crippen LogP contribution in [0, 0.1) is 0 Å². The van der Waals surface area contributed by atoms with Crippen molar-refractivity contribution in [2.24, 2.45) is 0 Å². The van der Waals surface area contributed by atoms with Gasteiger partial charge in [-0.25, -0.2) is 0 Å². The van der Waals surface area contributed by atoms with E-state index in [4.69, 9.17) is 13.9 Å². The van der Waals surface area contributed by atoms with Crippen molar-refractivity contribution in [3.8, 4) is 11.5 Å². The molecule has 38 heavy (non-hydrogen) atoms. The molecule has 8 nitrogen and oxygen atoms in total. The van der Waals surface area contributed by atoms with Crippen LogP contribution >= 0.6 is 15.9 Å². The lowest BCUT2D eigenvalue weighted by Gasteiger charge is -2.32. The molecule has 0 bridgehead atoms. The van der Waals surface area contributed by atoms with Gasteiger partial charge in [-0.2, -0.15) is 0 Å². The first-order chi connectivity index (χ1) is 18.5. The Morgan fingerprint density at radius 1 is 1.11 bits per heavy atom. The van der Waals surface area contributed by atoms with Crippen LogP contribution in [0.2, 0.25) is 0 Å². The van der Waals surface area contributed by atoms with Crippen LogP contribution in [0.1, 0.15) is 37.0 Å². The summed E-state index contributed by atoms with van der Waals surface area (Å²) in [6.45, 7) is 4.67. The summed E-state index contributed by atoms with van der Waals surface area (Å²) < 4.78 is 18.4. The van der Waals surface area contributed by atoms with Crippen molar-refractivity contribution in [2.75, 3.05) is 33.3 Å². The molecule has 2 fully saturated rings. The van der Waals surface area contributed by atoms with E-state index in [1.54, 1.807) is 18.2 Å². The Balaban J connectivity index is 1.10. The zero-order valence-corrected chi connectivity index (χ0v) is 23.2. The number of carbonyl (C=O) groups excluding carboxylic acids is 1. The van der Waals surface area contributed by atoms with Gasteiger partial charge in [-0.15, -0.1) is 0 Å². The number of methoxy groups -OCH3 is 1. The topological polar surface area (TPSA) is 93.0 Å². The minimum absolute atomic E-state index is 0.0171. The highest BCUT2D eigenvalue weighted by Crippen LogP contribution is 2.29. The minimum Gasteiger partial charge on any atom is -0.493 e. The monoisotopic (exact) mass is 583 g/mol. The molecule has 3 heterocycles. The fourth-order valence-corrected chi connectivity index (χ4v) is 5.73. The zero-order chi connectivity index (χ0) is 26.5. The summed E-state index contributed by atoms with van der Waals surface area (Å²) in [5, 5.41) is 6.92. The largest absolute Gasteiger partial charge is 0.493 e. The Morgan fingerprint density at radius 3 is 2.63 bits per heavy atom. The second-order valence-corrected chi connectivity index (χ2v) is 10.9. The van der Waals surface area contributed by atoms with Gasteiger partial charge in [0.15, 0.2) is 16.8 Å². The van der Waals surface area contributed by atoms with Gasteiger partial charge < -0.3 is 24.5 Å². The van der Waals surface area contributed by atoms with Crippen LogP contribution in [0.3, 0.4) is 0 Å². The Kier molecular flexibility index (Phi) is 8.66. The number of nitrogens with zero attached hydrogens (tertiary/aromatic N) is 1. The Hall–Kier alpha value is -2.88. The summed E-state index contributed by atoms with van der Waals surface area (Å²) in [4.78, 5) is 27.6. The molecule has 2 aliphatic heterocycles. The van der Waals surface area contributed by atoms with Crippen LogP contribution in [-0.4, -0.2) is 56.2 Å². The maximum absolute atomic E-state index is 12.7. The van der Waals surface area contributed by atoms with Crippen molar-refractivity contribution >= 4 is 32.8 Å². The van der Waals surface area contributed by atoms with Crippen LogP contribution in [0.4, 0.5) is 0 Å². The molecule has 0 spiro atoms. The predicted octanol–water partition coefficient (Wildman–Crippen LogP) is 4.02. The van der Waals surface area contributed by atoms with Crippen molar-refractivity contribution in [1.29, 1.82) is 0 Å². The van der Waals surface area contributed by atoms with E-state index in [2.05, 4.69) is 49.7 Å². The predicted molar refractivity (Wildman–Crippen MR) is 150 cm³/mol. The molecule has 2 aromatic carbocycles. The molecular formula is C29H34BrN3O5. The lowest BCUT2D eigenvalue weighted by atomic mass is 10.0. The molecule has 0 aliphatic carbocycles. The molecule has 0 atom stereocenters. The normalized spacial score (nSPS) is 17.4. The second kappa shape index (κ2) is 12.3. The average molecular weight is 585 g/mol. The Bertz CT molecular complexity index is 1330. The quantitative estimate of drug-likeness (QED) is 0.413. The van der Waals surface area contributed by atoms with Gasteiger partial charge in [0.25, 0.3) is 0 Å². The SMILES string of the molecule is COc1cccc2c(=O)cc(CC(=O)NC3CCN(Cc4ccc(OC5CCNCC5)c(Br)c4)CC3)oc12. The van der Waals surface area contributed by atoms with E-state index in [0.717, 1.165) is 68.6 Å². The molecule has 3 aromatic rings. The number of likely N-dealkylation sites (tertiary alicyclic amines) is 1. The van der Waals surface area contributed by atoms with Crippen molar-refractivity contribution in [1.82, 2.24) is 15.5 Å². The highest BCUT2D eigenvalue weighted by atomic mass is 79.9. The lowest BCUT2D eigenvalue weighted by molar-refractivity contribution is -0.121. The van der Waals surface area contributed by atoms with Crippen LogP contribution in [-0.2, 0) is 17.8 Å². The van der Waals surface area contributed by atoms with E-state index in [-0.39, 0.29) is 29.9 Å². The molecule has 1 aromatic heterocycles. The number of rotatable bonds is 8. The zero-order valence-electron chi connectivity index (χ0n) is 21.6. The summed E-state index contributed by atoms with van der Waals surface area (Å²) in [6.07, 6.45) is 4.10. The number of nitrogens with one attached hydrogen (secondary N) is 2. The number of piperidine rings is 2. The number of carbonyl (C=O) groups is 1. The molecule has 2 N–H and O–H groups in total. The number of hydrogen-bond acceptors (Lipinski definition) is 7. The van der Waals surface area contributed by atoms with E-state index >= 15 is 0 Å². The molecule has 0 unspecified atom stereocenters. The molecule has 2 saturated heterocycles. The van der Waals surface area contributed by atoms with Gasteiger partial charge in [-0.3, -0.25) is 14.5 Å². The molecule has 2 aliphatic rings. The smallest absolute Gasteiger partial charge is 0.227 e. The molecule has 0 radical (unpaired) electrons. The van der Waals surface area contributed by atoms with Crippen LogP contribution in [0.5, 0.6) is 11.5 Å². The van der Waals surface area contributed by atoms with Gasteiger partial charge in [0.2, 0.25) is 5.91 Å². The third-order valence-corrected chi connectivity index (χ3v) is 7.88. The number of ether oxygens (including phenoxy) is 2. The number of amides is 1. The fraction of sp³-hybridized carbons (Fsp3) is 0.448. The van der Waals surface area contributed by atoms with Gasteiger partial charge >= 0.3 is 0 Å². The highest BCUT2D eigenvalue weighted by molar-refractivity contribution is 9.10. The number of para-hydroxylation sites is 1. The number of benzene rings is 2. The number of fused-ring (bicyclic) bond motifs is 1. The third-order valence-electron chi connectivity index (χ3n) is 7.26. The van der Waals surface area contributed by atoms with Crippen LogP contribution < -0.4 is 25.5 Å². The average Bonchev–Trinajstić information content (AvgIpc) is 2.91. The van der Waals surface area contributed by atoms with E-state index < -0.39 is 0 Å².